The third-order valence-electron chi connectivity index (χ3n) is 2.49. The molecule has 4 heteroatoms. The molecule has 0 aliphatic rings. The van der Waals surface area contributed by atoms with Crippen LogP contribution < -0.4 is 4.90 Å². The molecule has 0 aliphatic heterocycles. The second-order valence-corrected chi connectivity index (χ2v) is 4.86. The summed E-state index contributed by atoms with van der Waals surface area (Å²) in [6, 6.07) is 14.6. The monoisotopic (exact) mass is 305 g/mol. The fraction of sp³-hybridized carbons (Fsp3) is 0.0714. The van der Waals surface area contributed by atoms with Crippen molar-refractivity contribution in [3.05, 3.63) is 58.6 Å². The molecule has 1 amide bonds. The van der Waals surface area contributed by atoms with Gasteiger partial charge in [-0.25, -0.2) is 9.69 Å². The number of anilines is 2. The molecule has 0 saturated heterocycles. The Hall–Kier alpha value is -1.81. The number of para-hydroxylation sites is 1. The van der Waals surface area contributed by atoms with Crippen LogP contribution >= 0.6 is 15.9 Å². The summed E-state index contributed by atoms with van der Waals surface area (Å²) in [6.07, 6.45) is -1.00. The van der Waals surface area contributed by atoms with Gasteiger partial charge < -0.3 is 5.11 Å². The predicted molar refractivity (Wildman–Crippen MR) is 75.5 cm³/mol. The highest BCUT2D eigenvalue weighted by Crippen LogP contribution is 2.29. The van der Waals surface area contributed by atoms with Crippen LogP contribution in [0.1, 0.15) is 5.56 Å². The zero-order chi connectivity index (χ0) is 13.1. The number of amides is 1. The molecule has 0 aromatic heterocycles. The van der Waals surface area contributed by atoms with Crippen LogP contribution in [0, 0.1) is 6.92 Å². The molecule has 92 valence electrons. The quantitative estimate of drug-likeness (QED) is 0.882. The number of benzene rings is 2. The van der Waals surface area contributed by atoms with Gasteiger partial charge in [-0.05, 0) is 42.8 Å². The van der Waals surface area contributed by atoms with Crippen LogP contribution in [0.5, 0.6) is 0 Å². The van der Waals surface area contributed by atoms with Gasteiger partial charge in [0, 0.05) is 4.47 Å². The summed E-state index contributed by atoms with van der Waals surface area (Å²) in [4.78, 5) is 12.7. The number of rotatable bonds is 2. The molecule has 0 heterocycles. The van der Waals surface area contributed by atoms with E-state index < -0.39 is 6.09 Å². The number of nitrogens with zero attached hydrogens (tertiary/aromatic N) is 1. The fourth-order valence-corrected chi connectivity index (χ4v) is 2.39. The van der Waals surface area contributed by atoms with Crippen molar-refractivity contribution < 1.29 is 9.90 Å². The summed E-state index contributed by atoms with van der Waals surface area (Å²) < 4.78 is 0.861. The topological polar surface area (TPSA) is 40.5 Å². The number of halogens is 1. The molecule has 0 spiro atoms. The molecular weight excluding hydrogens is 294 g/mol. The van der Waals surface area contributed by atoms with Gasteiger partial charge in [0.2, 0.25) is 0 Å². The van der Waals surface area contributed by atoms with Gasteiger partial charge in [-0.1, -0.05) is 34.1 Å². The van der Waals surface area contributed by atoms with Crippen molar-refractivity contribution >= 4 is 33.4 Å². The normalized spacial score (nSPS) is 10.1. The first-order valence-corrected chi connectivity index (χ1v) is 6.22. The van der Waals surface area contributed by atoms with Crippen LogP contribution in [0.2, 0.25) is 0 Å². The molecule has 0 bridgehead atoms. The highest BCUT2D eigenvalue weighted by Gasteiger charge is 2.17. The van der Waals surface area contributed by atoms with E-state index in [-0.39, 0.29) is 0 Å². The molecule has 1 N–H and O–H groups in total. The Bertz CT molecular complexity index is 549. The Morgan fingerprint density at radius 1 is 1.11 bits per heavy atom. The largest absolute Gasteiger partial charge is 0.464 e. The molecule has 0 unspecified atom stereocenters. The minimum atomic E-state index is -1.00. The van der Waals surface area contributed by atoms with Gasteiger partial charge >= 0.3 is 6.09 Å². The Labute approximate surface area is 114 Å². The van der Waals surface area contributed by atoms with Crippen molar-refractivity contribution in [1.29, 1.82) is 0 Å². The third kappa shape index (κ3) is 2.71. The number of hydrogen-bond donors (Lipinski definition) is 1. The molecule has 2 aromatic carbocycles. The van der Waals surface area contributed by atoms with Gasteiger partial charge in [0.25, 0.3) is 0 Å². The summed E-state index contributed by atoms with van der Waals surface area (Å²) in [6.45, 7) is 1.93. The van der Waals surface area contributed by atoms with Gasteiger partial charge in [-0.15, -0.1) is 0 Å². The van der Waals surface area contributed by atoms with Crippen LogP contribution in [0.4, 0.5) is 16.2 Å². The number of aryl methyl sites for hydroxylation is 1. The van der Waals surface area contributed by atoms with E-state index in [4.69, 9.17) is 0 Å². The lowest BCUT2D eigenvalue weighted by molar-refractivity contribution is 0.205. The van der Waals surface area contributed by atoms with E-state index in [0.717, 1.165) is 10.0 Å². The highest BCUT2D eigenvalue weighted by molar-refractivity contribution is 9.10. The molecule has 0 atom stereocenters. The van der Waals surface area contributed by atoms with Crippen molar-refractivity contribution in [1.82, 2.24) is 0 Å². The molecule has 0 radical (unpaired) electrons. The van der Waals surface area contributed by atoms with Crippen LogP contribution in [0.3, 0.4) is 0 Å². The molecular formula is C14H12BrNO2. The van der Waals surface area contributed by atoms with Crippen molar-refractivity contribution in [2.45, 2.75) is 6.92 Å². The molecule has 2 rings (SSSR count). The Kier molecular flexibility index (Phi) is 3.67. The van der Waals surface area contributed by atoms with E-state index in [1.165, 1.54) is 4.90 Å². The Balaban J connectivity index is 2.52. The summed E-state index contributed by atoms with van der Waals surface area (Å²) in [7, 11) is 0. The third-order valence-corrected chi connectivity index (χ3v) is 2.95. The van der Waals surface area contributed by atoms with Gasteiger partial charge in [0.05, 0.1) is 11.4 Å². The lowest BCUT2D eigenvalue weighted by atomic mass is 10.2. The van der Waals surface area contributed by atoms with Crippen molar-refractivity contribution in [3.8, 4) is 0 Å². The zero-order valence-electron chi connectivity index (χ0n) is 9.80. The van der Waals surface area contributed by atoms with Gasteiger partial charge in [-0.2, -0.15) is 0 Å². The maximum Gasteiger partial charge on any atom is 0.416 e. The molecule has 3 nitrogen and oxygen atoms in total. The Morgan fingerprint density at radius 3 is 2.33 bits per heavy atom. The molecule has 0 fully saturated rings. The van der Waals surface area contributed by atoms with E-state index in [2.05, 4.69) is 15.9 Å². The first-order valence-electron chi connectivity index (χ1n) is 5.43. The first kappa shape index (κ1) is 12.6. The van der Waals surface area contributed by atoms with E-state index in [9.17, 15) is 9.90 Å². The molecule has 0 saturated carbocycles. The second-order valence-electron chi connectivity index (χ2n) is 3.94. The van der Waals surface area contributed by atoms with Gasteiger partial charge in [0.15, 0.2) is 0 Å². The van der Waals surface area contributed by atoms with Crippen molar-refractivity contribution in [2.24, 2.45) is 0 Å². The van der Waals surface area contributed by atoms with Gasteiger partial charge in [0.1, 0.15) is 0 Å². The maximum atomic E-state index is 11.4. The van der Waals surface area contributed by atoms with Crippen LogP contribution in [0.15, 0.2) is 53.0 Å². The minimum absolute atomic E-state index is 0.626. The fourth-order valence-electron chi connectivity index (χ4n) is 1.79. The summed E-state index contributed by atoms with van der Waals surface area (Å²) in [5.74, 6) is 0. The lowest BCUT2D eigenvalue weighted by Gasteiger charge is -2.20. The summed E-state index contributed by atoms with van der Waals surface area (Å²) >= 11 is 3.38. The van der Waals surface area contributed by atoms with E-state index >= 15 is 0 Å². The number of carbonyl (C=O) groups is 1. The minimum Gasteiger partial charge on any atom is -0.464 e. The lowest BCUT2D eigenvalue weighted by Crippen LogP contribution is -2.23. The van der Waals surface area contributed by atoms with E-state index in [0.29, 0.717) is 11.4 Å². The predicted octanol–water partition coefficient (Wildman–Crippen LogP) is 4.57. The average molecular weight is 306 g/mol. The van der Waals surface area contributed by atoms with E-state index in [1.54, 1.807) is 18.2 Å². The van der Waals surface area contributed by atoms with Crippen molar-refractivity contribution in [3.63, 3.8) is 0 Å². The van der Waals surface area contributed by atoms with Crippen LogP contribution in [-0.2, 0) is 0 Å². The molecule has 2 aromatic rings. The van der Waals surface area contributed by atoms with Crippen LogP contribution in [-0.4, -0.2) is 11.2 Å². The molecule has 0 aliphatic carbocycles. The standard InChI is InChI=1S/C14H12BrNO2/c1-10-7-11(15)9-13(8-10)16(14(17)18)12-5-3-2-4-6-12/h2-9H,1H3,(H,17,18). The number of hydrogen-bond acceptors (Lipinski definition) is 1. The summed E-state index contributed by atoms with van der Waals surface area (Å²) in [5, 5.41) is 9.37. The SMILES string of the molecule is Cc1cc(Br)cc(N(C(=O)O)c2ccccc2)c1. The highest BCUT2D eigenvalue weighted by atomic mass is 79.9. The molecule has 18 heavy (non-hydrogen) atoms. The average Bonchev–Trinajstić information content (AvgIpc) is 2.28. The second kappa shape index (κ2) is 5.23. The maximum absolute atomic E-state index is 11.4. The van der Waals surface area contributed by atoms with E-state index in [1.807, 2.05) is 37.3 Å². The van der Waals surface area contributed by atoms with Crippen LogP contribution in [0.25, 0.3) is 0 Å². The Morgan fingerprint density at radius 2 is 1.78 bits per heavy atom. The zero-order valence-corrected chi connectivity index (χ0v) is 11.4. The van der Waals surface area contributed by atoms with Gasteiger partial charge in [-0.3, -0.25) is 0 Å². The number of carboxylic acid groups (broad SMARTS) is 1. The summed E-state index contributed by atoms with van der Waals surface area (Å²) in [5.41, 5.74) is 2.25. The van der Waals surface area contributed by atoms with Crippen molar-refractivity contribution in [2.75, 3.05) is 4.90 Å². The first-order chi connectivity index (χ1) is 8.58. The smallest absolute Gasteiger partial charge is 0.416 e.